The van der Waals surface area contributed by atoms with Crippen LogP contribution in [0.3, 0.4) is 0 Å². The lowest BCUT2D eigenvalue weighted by molar-refractivity contribution is -0.141. The van der Waals surface area contributed by atoms with Crippen molar-refractivity contribution in [3.8, 4) is 5.69 Å². The van der Waals surface area contributed by atoms with Crippen LogP contribution < -0.4 is 0 Å². The molecule has 0 saturated carbocycles. The molecule has 3 rings (SSSR count). The number of ether oxygens (including phenoxy) is 1. The van der Waals surface area contributed by atoms with Gasteiger partial charge >= 0.3 is 5.97 Å². The first-order chi connectivity index (χ1) is 11.1. The van der Waals surface area contributed by atoms with Crippen LogP contribution in [-0.2, 0) is 9.53 Å². The number of carboxylic acid groups (broad SMARTS) is 1. The molecule has 0 bridgehead atoms. The number of rotatable bonds is 4. The van der Waals surface area contributed by atoms with Gasteiger partial charge in [0.15, 0.2) is 5.69 Å². The van der Waals surface area contributed by atoms with Gasteiger partial charge in [-0.25, -0.2) is 9.48 Å². The topological polar surface area (TPSA) is 97.6 Å². The summed E-state index contributed by atoms with van der Waals surface area (Å²) in [6.45, 7) is 0.227. The minimum atomic E-state index is -1.05. The number of aliphatic carboxylic acids is 1. The van der Waals surface area contributed by atoms with E-state index in [1.54, 1.807) is 0 Å². The molecule has 23 heavy (non-hydrogen) atoms. The number of benzene rings is 1. The Kier molecular flexibility index (Phi) is 4.07. The molecule has 1 amide bonds. The van der Waals surface area contributed by atoms with Gasteiger partial charge in [-0.3, -0.25) is 4.79 Å². The maximum absolute atomic E-state index is 12.6. The number of likely N-dealkylation sites (tertiary alicyclic amines) is 1. The summed E-state index contributed by atoms with van der Waals surface area (Å²) in [7, 11) is 1.50. The van der Waals surface area contributed by atoms with Crippen molar-refractivity contribution in [2.75, 3.05) is 13.7 Å². The number of aromatic nitrogens is 3. The number of carboxylic acids is 1. The van der Waals surface area contributed by atoms with E-state index in [9.17, 15) is 14.7 Å². The third kappa shape index (κ3) is 2.93. The molecule has 1 saturated heterocycles. The fourth-order valence-electron chi connectivity index (χ4n) is 2.64. The highest BCUT2D eigenvalue weighted by Crippen LogP contribution is 2.22. The van der Waals surface area contributed by atoms with E-state index in [4.69, 9.17) is 4.74 Å². The Hall–Kier alpha value is -2.74. The van der Waals surface area contributed by atoms with Gasteiger partial charge in [0.1, 0.15) is 6.04 Å². The normalized spacial score (nSPS) is 20.7. The lowest BCUT2D eigenvalue weighted by Gasteiger charge is -2.19. The molecule has 1 aromatic heterocycles. The fraction of sp³-hybridized carbons (Fsp3) is 0.333. The second-order valence-electron chi connectivity index (χ2n) is 5.29. The molecule has 8 nitrogen and oxygen atoms in total. The average molecular weight is 316 g/mol. The Labute approximate surface area is 132 Å². The molecular formula is C15H16N4O4. The van der Waals surface area contributed by atoms with Gasteiger partial charge in [-0.05, 0) is 12.1 Å². The fourth-order valence-corrected chi connectivity index (χ4v) is 2.64. The number of hydrogen-bond acceptors (Lipinski definition) is 5. The van der Waals surface area contributed by atoms with Gasteiger partial charge < -0.3 is 14.7 Å². The van der Waals surface area contributed by atoms with Crippen molar-refractivity contribution in [1.29, 1.82) is 0 Å². The zero-order valence-electron chi connectivity index (χ0n) is 12.5. The van der Waals surface area contributed by atoms with E-state index in [1.807, 2.05) is 30.3 Å². The van der Waals surface area contributed by atoms with Crippen LogP contribution in [0, 0.1) is 0 Å². The van der Waals surface area contributed by atoms with Crippen molar-refractivity contribution < 1.29 is 19.4 Å². The maximum atomic E-state index is 12.6. The number of carbonyl (C=O) groups is 2. The van der Waals surface area contributed by atoms with E-state index in [2.05, 4.69) is 10.3 Å². The predicted octanol–water partition coefficient (Wildman–Crippen LogP) is 0.581. The third-order valence-electron chi connectivity index (χ3n) is 3.88. The summed E-state index contributed by atoms with van der Waals surface area (Å²) in [5, 5.41) is 17.1. The Morgan fingerprint density at radius 2 is 2.04 bits per heavy atom. The SMILES string of the molecule is COC1CC(C(=O)O)N(C(=O)c2cn(-c3ccccc3)nn2)C1. The summed E-state index contributed by atoms with van der Waals surface area (Å²) in [6.07, 6.45) is 1.48. The van der Waals surface area contributed by atoms with E-state index in [0.717, 1.165) is 5.69 Å². The highest BCUT2D eigenvalue weighted by atomic mass is 16.5. The number of hydrogen-bond donors (Lipinski definition) is 1. The molecule has 2 unspecified atom stereocenters. The third-order valence-corrected chi connectivity index (χ3v) is 3.88. The van der Waals surface area contributed by atoms with Crippen LogP contribution in [0.25, 0.3) is 5.69 Å². The quantitative estimate of drug-likeness (QED) is 0.886. The summed E-state index contributed by atoms with van der Waals surface area (Å²) in [5.74, 6) is -1.51. The van der Waals surface area contributed by atoms with Crippen LogP contribution in [0.4, 0.5) is 0 Å². The van der Waals surface area contributed by atoms with Crippen molar-refractivity contribution in [2.24, 2.45) is 0 Å². The predicted molar refractivity (Wildman–Crippen MR) is 79.2 cm³/mol. The van der Waals surface area contributed by atoms with Crippen LogP contribution in [0.1, 0.15) is 16.9 Å². The van der Waals surface area contributed by atoms with Crippen molar-refractivity contribution >= 4 is 11.9 Å². The second kappa shape index (κ2) is 6.17. The minimum Gasteiger partial charge on any atom is -0.480 e. The summed E-state index contributed by atoms with van der Waals surface area (Å²) < 4.78 is 6.66. The van der Waals surface area contributed by atoms with Gasteiger partial charge in [0.2, 0.25) is 0 Å². The van der Waals surface area contributed by atoms with Crippen LogP contribution in [0.2, 0.25) is 0 Å². The smallest absolute Gasteiger partial charge is 0.326 e. The van der Waals surface area contributed by atoms with Crippen LogP contribution in [-0.4, -0.2) is 62.7 Å². The molecule has 1 aromatic carbocycles. The van der Waals surface area contributed by atoms with Gasteiger partial charge in [-0.15, -0.1) is 5.10 Å². The van der Waals surface area contributed by atoms with E-state index >= 15 is 0 Å². The molecule has 1 aliphatic heterocycles. The van der Waals surface area contributed by atoms with E-state index in [-0.39, 0.29) is 24.8 Å². The van der Waals surface area contributed by atoms with Crippen molar-refractivity contribution in [3.63, 3.8) is 0 Å². The number of nitrogens with zero attached hydrogens (tertiary/aromatic N) is 4. The molecule has 120 valence electrons. The summed E-state index contributed by atoms with van der Waals surface area (Å²) >= 11 is 0. The number of amides is 1. The molecule has 0 aliphatic carbocycles. The molecule has 0 spiro atoms. The van der Waals surface area contributed by atoms with Gasteiger partial charge in [0, 0.05) is 20.1 Å². The van der Waals surface area contributed by atoms with E-state index < -0.39 is 17.9 Å². The number of carbonyl (C=O) groups excluding carboxylic acids is 1. The van der Waals surface area contributed by atoms with Crippen LogP contribution >= 0.6 is 0 Å². The lowest BCUT2D eigenvalue weighted by atomic mass is 10.2. The minimum absolute atomic E-state index is 0.108. The average Bonchev–Trinajstić information content (AvgIpc) is 3.22. The van der Waals surface area contributed by atoms with Crippen LogP contribution in [0.5, 0.6) is 0 Å². The zero-order valence-corrected chi connectivity index (χ0v) is 12.5. The Morgan fingerprint density at radius 1 is 1.30 bits per heavy atom. The second-order valence-corrected chi connectivity index (χ2v) is 5.29. The van der Waals surface area contributed by atoms with Gasteiger partial charge in [-0.2, -0.15) is 0 Å². The van der Waals surface area contributed by atoms with Gasteiger partial charge in [0.05, 0.1) is 18.0 Å². The first kappa shape index (κ1) is 15.2. The Bertz CT molecular complexity index is 715. The molecule has 1 aliphatic rings. The summed E-state index contributed by atoms with van der Waals surface area (Å²) in [4.78, 5) is 25.2. The highest BCUT2D eigenvalue weighted by molar-refractivity contribution is 5.95. The molecular weight excluding hydrogens is 300 g/mol. The summed E-state index contributed by atoms with van der Waals surface area (Å²) in [6, 6.07) is 8.33. The van der Waals surface area contributed by atoms with E-state index in [0.29, 0.717) is 0 Å². The van der Waals surface area contributed by atoms with Crippen LogP contribution in [0.15, 0.2) is 36.5 Å². The molecule has 1 N–H and O–H groups in total. The van der Waals surface area contributed by atoms with Crippen molar-refractivity contribution in [1.82, 2.24) is 19.9 Å². The van der Waals surface area contributed by atoms with Crippen molar-refractivity contribution in [2.45, 2.75) is 18.6 Å². The molecule has 8 heteroatoms. The maximum Gasteiger partial charge on any atom is 0.326 e. The molecule has 1 fully saturated rings. The first-order valence-corrected chi connectivity index (χ1v) is 7.14. The first-order valence-electron chi connectivity index (χ1n) is 7.14. The largest absolute Gasteiger partial charge is 0.480 e. The molecule has 2 atom stereocenters. The van der Waals surface area contributed by atoms with Crippen molar-refractivity contribution in [3.05, 3.63) is 42.2 Å². The highest BCUT2D eigenvalue weighted by Gasteiger charge is 2.40. The lowest BCUT2D eigenvalue weighted by Crippen LogP contribution is -2.40. The monoisotopic (exact) mass is 316 g/mol. The molecule has 2 aromatic rings. The molecule has 2 heterocycles. The summed E-state index contributed by atoms with van der Waals surface area (Å²) in [5.41, 5.74) is 0.877. The Morgan fingerprint density at radius 3 is 2.70 bits per heavy atom. The standard InChI is InChI=1S/C15H16N4O4/c1-23-11-7-13(15(21)22)18(8-11)14(20)12-9-19(17-16-12)10-5-3-2-4-6-10/h2-6,9,11,13H,7-8H2,1H3,(H,21,22). The number of methoxy groups -OCH3 is 1. The number of para-hydroxylation sites is 1. The van der Waals surface area contributed by atoms with Gasteiger partial charge in [0.25, 0.3) is 5.91 Å². The Balaban J connectivity index is 1.83. The van der Waals surface area contributed by atoms with E-state index in [1.165, 1.54) is 22.9 Å². The van der Waals surface area contributed by atoms with Gasteiger partial charge in [-0.1, -0.05) is 23.4 Å². The zero-order chi connectivity index (χ0) is 16.4. The molecule has 0 radical (unpaired) electrons.